The molecule has 3 rings (SSSR count). The fourth-order valence-electron chi connectivity index (χ4n) is 3.53. The number of aliphatic hydroxyl groups excluding tert-OH is 1. The molecule has 6 heteroatoms. The van der Waals surface area contributed by atoms with Crippen molar-refractivity contribution in [1.29, 1.82) is 0 Å². The van der Waals surface area contributed by atoms with Crippen molar-refractivity contribution in [3.8, 4) is 0 Å². The summed E-state index contributed by atoms with van der Waals surface area (Å²) in [5.74, 6) is -1.33. The highest BCUT2D eigenvalue weighted by atomic mass is 16.6. The quantitative estimate of drug-likeness (QED) is 0.357. The molecule has 0 aromatic heterocycles. The molecule has 1 aliphatic carbocycles. The number of allylic oxidation sites excluding steroid dienone is 1. The van der Waals surface area contributed by atoms with Gasteiger partial charge in [-0.25, -0.2) is 4.79 Å². The zero-order chi connectivity index (χ0) is 16.8. The lowest BCUT2D eigenvalue weighted by Crippen LogP contribution is -2.36. The first-order valence-corrected chi connectivity index (χ1v) is 7.89. The van der Waals surface area contributed by atoms with Crippen molar-refractivity contribution >= 4 is 11.9 Å². The number of hydrogen-bond donors (Lipinski definition) is 1. The smallest absolute Gasteiger partial charge is 0.334 e. The van der Waals surface area contributed by atoms with E-state index < -0.39 is 24.1 Å². The molecule has 0 saturated carbocycles. The molecule has 0 aromatic carbocycles. The second kappa shape index (κ2) is 5.76. The molecule has 0 amide bonds. The number of carbonyl (C=O) groups is 2. The van der Waals surface area contributed by atoms with Crippen LogP contribution in [0, 0.1) is 5.92 Å². The standard InChI is InChI=1S/C17H22O6/c1-9-13-12(19)7-11(8-21-10(2)18)5-4-6-17(3)15(23-17)14(13)22-16(9)20/h5,12-15,19H,1,4,6-8H2,2-3H3. The predicted octanol–water partition coefficient (Wildman–Crippen LogP) is 1.28. The first-order valence-electron chi connectivity index (χ1n) is 7.89. The van der Waals surface area contributed by atoms with E-state index in [2.05, 4.69) is 6.58 Å². The van der Waals surface area contributed by atoms with Gasteiger partial charge in [-0.1, -0.05) is 12.7 Å². The molecule has 23 heavy (non-hydrogen) atoms. The fourth-order valence-corrected chi connectivity index (χ4v) is 3.53. The summed E-state index contributed by atoms with van der Waals surface area (Å²) in [6, 6.07) is 0. The van der Waals surface area contributed by atoms with Gasteiger partial charge >= 0.3 is 11.9 Å². The van der Waals surface area contributed by atoms with Gasteiger partial charge in [-0.2, -0.15) is 0 Å². The van der Waals surface area contributed by atoms with Crippen molar-refractivity contribution in [1.82, 2.24) is 0 Å². The van der Waals surface area contributed by atoms with Gasteiger partial charge in [0.2, 0.25) is 0 Å². The van der Waals surface area contributed by atoms with Crippen LogP contribution in [0.5, 0.6) is 0 Å². The molecule has 126 valence electrons. The van der Waals surface area contributed by atoms with Crippen LogP contribution in [-0.2, 0) is 23.8 Å². The number of epoxide rings is 1. The molecule has 5 unspecified atom stereocenters. The summed E-state index contributed by atoms with van der Waals surface area (Å²) in [5.41, 5.74) is 0.766. The largest absolute Gasteiger partial charge is 0.461 e. The molecule has 0 bridgehead atoms. The second-order valence-corrected chi connectivity index (χ2v) is 6.72. The third-order valence-corrected chi connectivity index (χ3v) is 4.92. The Morgan fingerprint density at radius 1 is 1.57 bits per heavy atom. The molecular weight excluding hydrogens is 300 g/mol. The average Bonchev–Trinajstić information content (AvgIpc) is 3.04. The molecule has 2 aliphatic heterocycles. The summed E-state index contributed by atoms with van der Waals surface area (Å²) in [5, 5.41) is 10.6. The lowest BCUT2D eigenvalue weighted by atomic mass is 9.82. The van der Waals surface area contributed by atoms with Gasteiger partial charge in [0.15, 0.2) is 0 Å². The number of ether oxygens (including phenoxy) is 3. The van der Waals surface area contributed by atoms with Gasteiger partial charge in [0, 0.05) is 12.5 Å². The molecule has 5 atom stereocenters. The molecule has 0 aromatic rings. The summed E-state index contributed by atoms with van der Waals surface area (Å²) >= 11 is 0. The number of fused-ring (bicyclic) bond motifs is 3. The van der Waals surface area contributed by atoms with Crippen molar-refractivity contribution < 1.29 is 28.9 Å². The predicted molar refractivity (Wildman–Crippen MR) is 80.4 cm³/mol. The Kier molecular flexibility index (Phi) is 4.06. The summed E-state index contributed by atoms with van der Waals surface area (Å²) < 4.78 is 16.2. The minimum Gasteiger partial charge on any atom is -0.461 e. The highest BCUT2D eigenvalue weighted by Gasteiger charge is 2.62. The van der Waals surface area contributed by atoms with E-state index in [1.165, 1.54) is 6.92 Å². The average molecular weight is 322 g/mol. The lowest BCUT2D eigenvalue weighted by Gasteiger charge is -2.24. The van der Waals surface area contributed by atoms with Crippen LogP contribution in [0.15, 0.2) is 23.8 Å². The normalized spacial score (nSPS) is 39.7. The van der Waals surface area contributed by atoms with E-state index in [4.69, 9.17) is 14.2 Å². The number of hydrogen-bond acceptors (Lipinski definition) is 6. The van der Waals surface area contributed by atoms with Crippen LogP contribution in [0.25, 0.3) is 0 Å². The van der Waals surface area contributed by atoms with Gasteiger partial charge < -0.3 is 19.3 Å². The molecule has 2 fully saturated rings. The monoisotopic (exact) mass is 322 g/mol. The van der Waals surface area contributed by atoms with Gasteiger partial charge in [-0.05, 0) is 31.8 Å². The number of esters is 2. The Morgan fingerprint density at radius 2 is 2.30 bits per heavy atom. The summed E-state index contributed by atoms with van der Waals surface area (Å²) in [7, 11) is 0. The first-order chi connectivity index (χ1) is 10.8. The topological polar surface area (TPSA) is 85.4 Å². The Hall–Kier alpha value is -1.66. The Bertz CT molecular complexity index is 580. The molecule has 6 nitrogen and oxygen atoms in total. The molecule has 3 aliphatic rings. The number of aliphatic hydroxyl groups is 1. The Balaban J connectivity index is 1.83. The van der Waals surface area contributed by atoms with Crippen LogP contribution in [0.2, 0.25) is 0 Å². The van der Waals surface area contributed by atoms with Crippen LogP contribution >= 0.6 is 0 Å². The zero-order valence-corrected chi connectivity index (χ0v) is 13.4. The van der Waals surface area contributed by atoms with Crippen LogP contribution in [0.3, 0.4) is 0 Å². The molecular formula is C17H22O6. The molecule has 0 radical (unpaired) electrons. The molecule has 0 spiro atoms. The van der Waals surface area contributed by atoms with Gasteiger partial charge in [0.25, 0.3) is 0 Å². The third kappa shape index (κ3) is 3.05. The van der Waals surface area contributed by atoms with Crippen molar-refractivity contribution in [2.45, 2.75) is 57.0 Å². The number of carbonyl (C=O) groups excluding carboxylic acids is 2. The van der Waals surface area contributed by atoms with Crippen LogP contribution in [0.4, 0.5) is 0 Å². The van der Waals surface area contributed by atoms with Crippen LogP contribution in [0.1, 0.15) is 33.1 Å². The van der Waals surface area contributed by atoms with Crippen molar-refractivity contribution in [3.63, 3.8) is 0 Å². The highest BCUT2D eigenvalue weighted by Crippen LogP contribution is 2.49. The zero-order valence-electron chi connectivity index (χ0n) is 13.4. The SMILES string of the molecule is C=C1C(=O)OC2C1C(O)CC(COC(C)=O)=CCCC1(C)OC21. The van der Waals surface area contributed by atoms with Gasteiger partial charge in [0.1, 0.15) is 18.8 Å². The molecule has 1 N–H and O–H groups in total. The van der Waals surface area contributed by atoms with Crippen molar-refractivity contribution in [3.05, 3.63) is 23.8 Å². The maximum absolute atomic E-state index is 11.9. The van der Waals surface area contributed by atoms with Crippen molar-refractivity contribution in [2.24, 2.45) is 5.92 Å². The van der Waals surface area contributed by atoms with Gasteiger partial charge in [-0.3, -0.25) is 4.79 Å². The lowest BCUT2D eigenvalue weighted by molar-refractivity contribution is -0.141. The van der Waals surface area contributed by atoms with Gasteiger partial charge in [-0.15, -0.1) is 0 Å². The highest BCUT2D eigenvalue weighted by molar-refractivity contribution is 5.91. The van der Waals surface area contributed by atoms with E-state index in [0.717, 1.165) is 18.4 Å². The van der Waals surface area contributed by atoms with E-state index in [0.29, 0.717) is 6.42 Å². The van der Waals surface area contributed by atoms with Crippen LogP contribution in [-0.4, -0.2) is 47.6 Å². The molecule has 2 heterocycles. The first kappa shape index (κ1) is 16.2. The van der Waals surface area contributed by atoms with E-state index in [1.807, 2.05) is 13.0 Å². The van der Waals surface area contributed by atoms with Crippen LogP contribution < -0.4 is 0 Å². The second-order valence-electron chi connectivity index (χ2n) is 6.72. The van der Waals surface area contributed by atoms with E-state index in [9.17, 15) is 14.7 Å². The fraction of sp³-hybridized carbons (Fsp3) is 0.647. The van der Waals surface area contributed by atoms with E-state index >= 15 is 0 Å². The maximum atomic E-state index is 11.9. The Labute approximate surface area is 135 Å². The van der Waals surface area contributed by atoms with E-state index in [-0.39, 0.29) is 29.9 Å². The third-order valence-electron chi connectivity index (χ3n) is 4.92. The molecule has 2 saturated heterocycles. The van der Waals surface area contributed by atoms with Gasteiger partial charge in [0.05, 0.1) is 17.6 Å². The summed E-state index contributed by atoms with van der Waals surface area (Å²) in [6.07, 6.45) is 2.31. The minimum absolute atomic E-state index is 0.145. The Morgan fingerprint density at radius 3 is 3.00 bits per heavy atom. The minimum atomic E-state index is -0.827. The van der Waals surface area contributed by atoms with Crippen molar-refractivity contribution in [2.75, 3.05) is 6.61 Å². The summed E-state index contributed by atoms with van der Waals surface area (Å²) in [4.78, 5) is 22.9. The summed E-state index contributed by atoms with van der Waals surface area (Å²) in [6.45, 7) is 7.25. The number of rotatable bonds is 2. The maximum Gasteiger partial charge on any atom is 0.334 e. The van der Waals surface area contributed by atoms with E-state index in [1.54, 1.807) is 0 Å².